The molecule has 0 fully saturated rings. The lowest BCUT2D eigenvalue weighted by atomic mass is 10.0. The van der Waals surface area contributed by atoms with Gasteiger partial charge in [0.25, 0.3) is 0 Å². The molecule has 0 rings (SSSR count). The van der Waals surface area contributed by atoms with Gasteiger partial charge in [0.05, 0.1) is 25.4 Å². The van der Waals surface area contributed by atoms with Crippen LogP contribution in [0.25, 0.3) is 0 Å². The number of esters is 1. The van der Waals surface area contributed by atoms with Crippen LogP contribution in [0, 0.1) is 0 Å². The predicted octanol–water partition coefficient (Wildman–Crippen LogP) is 19.7. The lowest BCUT2D eigenvalue weighted by Gasteiger charge is -2.20. The quantitative estimate of drug-likeness (QED) is 0.0321. The van der Waals surface area contributed by atoms with Gasteiger partial charge >= 0.3 is 5.97 Å². The molecule has 0 aliphatic carbocycles. The third-order valence-corrected chi connectivity index (χ3v) is 14.3. The normalized spacial score (nSPS) is 12.9. The molecule has 2 atom stereocenters. The molecule has 416 valence electrons. The fraction of sp³-hybridized carbons (Fsp3) is 0.846. The first-order chi connectivity index (χ1) is 35.0. The smallest absolute Gasteiger partial charge is 0.305 e. The average molecular weight is 997 g/mol. The Morgan fingerprint density at radius 1 is 0.394 bits per heavy atom. The number of aliphatic hydroxyl groups is 2. The number of unbranched alkanes of at least 4 members (excludes halogenated alkanes) is 41. The summed E-state index contributed by atoms with van der Waals surface area (Å²) in [6, 6.07) is -0.634. The molecule has 2 unspecified atom stereocenters. The van der Waals surface area contributed by atoms with E-state index in [0.29, 0.717) is 19.4 Å². The molecule has 0 radical (unpaired) electrons. The van der Waals surface area contributed by atoms with Gasteiger partial charge in [0, 0.05) is 12.8 Å². The standard InChI is InChI=1S/C65H121NO5/c1-3-5-7-9-11-13-15-16-17-18-28-31-34-38-41-45-49-53-57-63(68)62(61-67)66-64(69)58-54-50-46-42-39-35-32-29-26-24-22-20-19-21-23-25-27-30-33-36-40-44-48-52-56-60-71-65(70)59-55-51-47-43-37-14-12-10-8-6-4-2/h10,12,20-23,53,57,62-63,67-68H,3-9,11,13-19,24-52,54-56,58-61H2,1-2H3,(H,66,69)/b12-10-,22-20-,23-21-,57-53+. The number of rotatable bonds is 58. The third kappa shape index (κ3) is 57.0. The van der Waals surface area contributed by atoms with E-state index in [-0.39, 0.29) is 18.5 Å². The number of allylic oxidation sites excluding steroid dienone is 7. The highest BCUT2D eigenvalue weighted by atomic mass is 16.5. The second kappa shape index (κ2) is 60.4. The van der Waals surface area contributed by atoms with Crippen LogP contribution in [-0.2, 0) is 14.3 Å². The summed E-state index contributed by atoms with van der Waals surface area (Å²) in [6.45, 7) is 4.87. The number of hydrogen-bond donors (Lipinski definition) is 3. The van der Waals surface area contributed by atoms with Crippen LogP contribution in [-0.4, -0.2) is 47.4 Å². The van der Waals surface area contributed by atoms with Gasteiger partial charge < -0.3 is 20.3 Å². The van der Waals surface area contributed by atoms with Gasteiger partial charge in [0.2, 0.25) is 5.91 Å². The van der Waals surface area contributed by atoms with Gasteiger partial charge in [0.1, 0.15) is 0 Å². The van der Waals surface area contributed by atoms with Crippen LogP contribution in [0.1, 0.15) is 328 Å². The van der Waals surface area contributed by atoms with E-state index in [9.17, 15) is 19.8 Å². The number of carbonyl (C=O) groups excluding carboxylic acids is 2. The summed E-state index contributed by atoms with van der Waals surface area (Å²) >= 11 is 0. The second-order valence-electron chi connectivity index (χ2n) is 21.4. The van der Waals surface area contributed by atoms with Gasteiger partial charge in [-0.2, -0.15) is 0 Å². The molecule has 0 spiro atoms. The summed E-state index contributed by atoms with van der Waals surface area (Å²) in [5.41, 5.74) is 0. The first kappa shape index (κ1) is 68.8. The van der Waals surface area contributed by atoms with E-state index >= 15 is 0 Å². The molecule has 0 aromatic rings. The van der Waals surface area contributed by atoms with Gasteiger partial charge in [-0.15, -0.1) is 0 Å². The lowest BCUT2D eigenvalue weighted by molar-refractivity contribution is -0.143. The van der Waals surface area contributed by atoms with Crippen molar-refractivity contribution < 1.29 is 24.5 Å². The minimum Gasteiger partial charge on any atom is -0.466 e. The highest BCUT2D eigenvalue weighted by Gasteiger charge is 2.18. The highest BCUT2D eigenvalue weighted by molar-refractivity contribution is 5.76. The number of carbonyl (C=O) groups is 2. The van der Waals surface area contributed by atoms with Crippen LogP contribution >= 0.6 is 0 Å². The summed E-state index contributed by atoms with van der Waals surface area (Å²) in [5.74, 6) is -0.0755. The minimum atomic E-state index is -0.850. The van der Waals surface area contributed by atoms with Crippen LogP contribution in [0.3, 0.4) is 0 Å². The maximum absolute atomic E-state index is 12.5. The van der Waals surface area contributed by atoms with E-state index in [4.69, 9.17) is 4.74 Å². The number of ether oxygens (including phenoxy) is 1. The van der Waals surface area contributed by atoms with Crippen LogP contribution in [0.2, 0.25) is 0 Å². The van der Waals surface area contributed by atoms with E-state index in [1.807, 2.05) is 6.08 Å². The Balaban J connectivity index is 3.48. The Morgan fingerprint density at radius 2 is 0.718 bits per heavy atom. The molecule has 0 aromatic carbocycles. The maximum atomic E-state index is 12.5. The number of nitrogens with one attached hydrogen (secondary N) is 1. The molecule has 0 saturated carbocycles. The SMILES string of the molecule is CCCC/C=C\CCCCCCCC(=O)OCCCCCCCCCCC/C=C\C/C=C\CCCCCCCCCCCC(=O)NC(CO)C(O)/C=C/CCCCCCCCCCCCCCCCCC. The van der Waals surface area contributed by atoms with Crippen molar-refractivity contribution in [1.82, 2.24) is 5.32 Å². The summed E-state index contributed by atoms with van der Waals surface area (Å²) < 4.78 is 5.45. The Bertz CT molecular complexity index is 1190. The second-order valence-corrected chi connectivity index (χ2v) is 21.4. The molecular formula is C65H121NO5. The van der Waals surface area contributed by atoms with Crippen molar-refractivity contribution >= 4 is 11.9 Å². The summed E-state index contributed by atoms with van der Waals surface area (Å²) in [4.78, 5) is 24.5. The van der Waals surface area contributed by atoms with Crippen LogP contribution in [0.5, 0.6) is 0 Å². The van der Waals surface area contributed by atoms with Gasteiger partial charge in [-0.05, 0) is 83.5 Å². The topological polar surface area (TPSA) is 95.9 Å². The van der Waals surface area contributed by atoms with E-state index in [1.54, 1.807) is 6.08 Å². The van der Waals surface area contributed by atoms with E-state index in [0.717, 1.165) is 51.4 Å². The fourth-order valence-electron chi connectivity index (χ4n) is 9.47. The molecule has 0 aromatic heterocycles. The fourth-order valence-corrected chi connectivity index (χ4v) is 9.47. The number of aliphatic hydroxyl groups excluding tert-OH is 2. The lowest BCUT2D eigenvalue weighted by Crippen LogP contribution is -2.45. The van der Waals surface area contributed by atoms with Crippen molar-refractivity contribution in [1.29, 1.82) is 0 Å². The molecule has 6 nitrogen and oxygen atoms in total. The summed E-state index contributed by atoms with van der Waals surface area (Å²) in [5, 5.41) is 23.2. The maximum Gasteiger partial charge on any atom is 0.305 e. The summed E-state index contributed by atoms with van der Waals surface area (Å²) in [7, 11) is 0. The number of amides is 1. The van der Waals surface area contributed by atoms with Crippen molar-refractivity contribution in [2.24, 2.45) is 0 Å². The zero-order valence-corrected chi connectivity index (χ0v) is 47.5. The van der Waals surface area contributed by atoms with Crippen LogP contribution in [0.4, 0.5) is 0 Å². The first-order valence-electron chi connectivity index (χ1n) is 31.4. The molecule has 6 heteroatoms. The molecular weight excluding hydrogens is 875 g/mol. The van der Waals surface area contributed by atoms with Crippen LogP contribution in [0.15, 0.2) is 48.6 Å². The average Bonchev–Trinajstić information content (AvgIpc) is 3.37. The zero-order valence-electron chi connectivity index (χ0n) is 47.5. The Morgan fingerprint density at radius 3 is 1.13 bits per heavy atom. The van der Waals surface area contributed by atoms with Crippen molar-refractivity contribution in [3.05, 3.63) is 48.6 Å². The Labute approximate surface area is 442 Å². The highest BCUT2D eigenvalue weighted by Crippen LogP contribution is 2.17. The van der Waals surface area contributed by atoms with Crippen molar-refractivity contribution in [3.63, 3.8) is 0 Å². The van der Waals surface area contributed by atoms with Crippen molar-refractivity contribution in [3.8, 4) is 0 Å². The minimum absolute atomic E-state index is 0.00289. The largest absolute Gasteiger partial charge is 0.466 e. The summed E-state index contributed by atoms with van der Waals surface area (Å²) in [6.07, 6.45) is 77.2. The van der Waals surface area contributed by atoms with E-state index < -0.39 is 12.1 Å². The first-order valence-corrected chi connectivity index (χ1v) is 31.4. The van der Waals surface area contributed by atoms with Gasteiger partial charge in [-0.25, -0.2) is 0 Å². The molecule has 3 N–H and O–H groups in total. The number of hydrogen-bond acceptors (Lipinski definition) is 5. The molecule has 0 saturated heterocycles. The van der Waals surface area contributed by atoms with Crippen molar-refractivity contribution in [2.45, 2.75) is 341 Å². The van der Waals surface area contributed by atoms with Gasteiger partial charge in [-0.1, -0.05) is 281 Å². The van der Waals surface area contributed by atoms with Crippen molar-refractivity contribution in [2.75, 3.05) is 13.2 Å². The zero-order chi connectivity index (χ0) is 51.4. The predicted molar refractivity (Wildman–Crippen MR) is 310 cm³/mol. The molecule has 0 aliphatic rings. The molecule has 0 aliphatic heterocycles. The van der Waals surface area contributed by atoms with E-state index in [2.05, 4.69) is 55.6 Å². The molecule has 1 amide bonds. The van der Waals surface area contributed by atoms with E-state index in [1.165, 1.54) is 250 Å². The molecule has 0 heterocycles. The van der Waals surface area contributed by atoms with Gasteiger partial charge in [-0.3, -0.25) is 9.59 Å². The Kier molecular flexibility index (Phi) is 58.5. The Hall–Kier alpha value is -2.18. The third-order valence-electron chi connectivity index (χ3n) is 14.3. The molecule has 71 heavy (non-hydrogen) atoms. The monoisotopic (exact) mass is 996 g/mol. The van der Waals surface area contributed by atoms with Gasteiger partial charge in [0.15, 0.2) is 0 Å². The molecule has 0 bridgehead atoms. The van der Waals surface area contributed by atoms with Crippen LogP contribution < -0.4 is 5.32 Å².